The first kappa shape index (κ1) is 18.2. The van der Waals surface area contributed by atoms with Crippen molar-refractivity contribution in [3.63, 3.8) is 0 Å². The van der Waals surface area contributed by atoms with Crippen molar-refractivity contribution in [2.45, 2.75) is 56.6 Å². The molecule has 27 heavy (non-hydrogen) atoms. The average molecular weight is 370 g/mol. The molecule has 1 amide bonds. The number of fused-ring (bicyclic) bond motifs is 1. The Balaban J connectivity index is 1.46. The number of carbonyl (C=O) groups excluding carboxylic acids is 2. The van der Waals surface area contributed by atoms with Gasteiger partial charge in [-0.1, -0.05) is 18.9 Å². The van der Waals surface area contributed by atoms with Gasteiger partial charge in [0.2, 0.25) is 0 Å². The topological polar surface area (TPSA) is 78.9 Å². The SMILES string of the molecule is O=C(C=Cc1ccc2c(c1)C(=O)CC1(CCN(C3CCCC3)CC1)O2)NO. The smallest absolute Gasteiger partial charge is 0.267 e. The number of rotatable bonds is 3. The Morgan fingerprint density at radius 3 is 2.70 bits per heavy atom. The number of hydroxylamine groups is 1. The van der Waals surface area contributed by atoms with Gasteiger partial charge in [0.15, 0.2) is 5.78 Å². The number of ketones is 1. The molecule has 0 aromatic heterocycles. The summed E-state index contributed by atoms with van der Waals surface area (Å²) in [6, 6.07) is 6.10. The molecular weight excluding hydrogens is 344 g/mol. The van der Waals surface area contributed by atoms with Crippen LogP contribution in [0.1, 0.15) is 60.9 Å². The first-order valence-corrected chi connectivity index (χ1v) is 9.81. The average Bonchev–Trinajstić information content (AvgIpc) is 3.21. The summed E-state index contributed by atoms with van der Waals surface area (Å²) in [5.41, 5.74) is 2.48. The molecule has 2 N–H and O–H groups in total. The van der Waals surface area contributed by atoms with Gasteiger partial charge < -0.3 is 9.64 Å². The second-order valence-corrected chi connectivity index (χ2v) is 7.92. The number of likely N-dealkylation sites (tertiary alicyclic amines) is 1. The van der Waals surface area contributed by atoms with Crippen molar-refractivity contribution < 1.29 is 19.5 Å². The first-order chi connectivity index (χ1) is 13.1. The molecule has 6 heteroatoms. The largest absolute Gasteiger partial charge is 0.486 e. The van der Waals surface area contributed by atoms with Gasteiger partial charge in [-0.2, -0.15) is 0 Å². The molecule has 144 valence electrons. The van der Waals surface area contributed by atoms with Gasteiger partial charge in [-0.25, -0.2) is 5.48 Å². The Hall–Kier alpha value is -2.18. The molecule has 1 aromatic carbocycles. The minimum Gasteiger partial charge on any atom is -0.486 e. The number of hydrogen-bond acceptors (Lipinski definition) is 5. The van der Waals surface area contributed by atoms with E-state index in [-0.39, 0.29) is 11.4 Å². The lowest BCUT2D eigenvalue weighted by Gasteiger charge is -2.45. The highest BCUT2D eigenvalue weighted by Gasteiger charge is 2.44. The summed E-state index contributed by atoms with van der Waals surface area (Å²) >= 11 is 0. The third-order valence-corrected chi connectivity index (χ3v) is 6.20. The van der Waals surface area contributed by atoms with E-state index in [0.717, 1.165) is 37.5 Å². The number of Topliss-reactive ketones (excluding diaryl/α,β-unsaturated/α-hetero) is 1. The van der Waals surface area contributed by atoms with Crippen LogP contribution in [0.2, 0.25) is 0 Å². The number of carbonyl (C=O) groups is 2. The summed E-state index contributed by atoms with van der Waals surface area (Å²) < 4.78 is 6.35. The highest BCUT2D eigenvalue weighted by molar-refractivity contribution is 6.01. The number of ether oxygens (including phenoxy) is 1. The molecule has 4 rings (SSSR count). The molecule has 2 fully saturated rings. The Morgan fingerprint density at radius 1 is 1.26 bits per heavy atom. The van der Waals surface area contributed by atoms with Gasteiger partial charge in [0.1, 0.15) is 11.4 Å². The number of nitrogens with zero attached hydrogens (tertiary/aromatic N) is 1. The molecule has 1 spiro atoms. The highest BCUT2D eigenvalue weighted by atomic mass is 16.5. The van der Waals surface area contributed by atoms with E-state index in [1.54, 1.807) is 17.6 Å². The third kappa shape index (κ3) is 3.77. The van der Waals surface area contributed by atoms with Gasteiger partial charge in [0.25, 0.3) is 5.91 Å². The molecule has 1 aliphatic carbocycles. The molecule has 3 aliphatic rings. The van der Waals surface area contributed by atoms with E-state index in [1.807, 2.05) is 12.1 Å². The fraction of sp³-hybridized carbons (Fsp3) is 0.524. The summed E-state index contributed by atoms with van der Waals surface area (Å²) in [4.78, 5) is 26.5. The van der Waals surface area contributed by atoms with Crippen molar-refractivity contribution in [1.29, 1.82) is 0 Å². The minimum atomic E-state index is -0.608. The van der Waals surface area contributed by atoms with Crippen molar-refractivity contribution in [3.05, 3.63) is 35.4 Å². The Labute approximate surface area is 159 Å². The van der Waals surface area contributed by atoms with Crippen LogP contribution < -0.4 is 10.2 Å². The van der Waals surface area contributed by atoms with E-state index in [2.05, 4.69) is 4.90 Å². The van der Waals surface area contributed by atoms with Gasteiger partial charge in [-0.15, -0.1) is 0 Å². The van der Waals surface area contributed by atoms with Gasteiger partial charge >= 0.3 is 0 Å². The summed E-state index contributed by atoms with van der Waals surface area (Å²) in [7, 11) is 0. The van der Waals surface area contributed by atoms with Gasteiger partial charge in [0, 0.05) is 38.0 Å². The zero-order valence-corrected chi connectivity index (χ0v) is 15.4. The lowest BCUT2D eigenvalue weighted by Crippen LogP contribution is -2.52. The molecule has 1 saturated carbocycles. The Bertz CT molecular complexity index is 759. The van der Waals surface area contributed by atoms with Crippen LogP contribution in [0.4, 0.5) is 0 Å². The van der Waals surface area contributed by atoms with Crippen molar-refractivity contribution >= 4 is 17.8 Å². The van der Waals surface area contributed by atoms with Crippen LogP contribution >= 0.6 is 0 Å². The van der Waals surface area contributed by atoms with Crippen LogP contribution in [0.5, 0.6) is 5.75 Å². The quantitative estimate of drug-likeness (QED) is 0.486. The molecule has 0 atom stereocenters. The van der Waals surface area contributed by atoms with E-state index >= 15 is 0 Å². The summed E-state index contributed by atoms with van der Waals surface area (Å²) in [5.74, 6) is 0.139. The maximum Gasteiger partial charge on any atom is 0.267 e. The number of benzene rings is 1. The van der Waals surface area contributed by atoms with Gasteiger partial charge in [-0.3, -0.25) is 14.8 Å². The van der Waals surface area contributed by atoms with Crippen molar-refractivity contribution in [1.82, 2.24) is 10.4 Å². The van der Waals surface area contributed by atoms with Gasteiger partial charge in [-0.05, 0) is 36.6 Å². The molecule has 0 unspecified atom stereocenters. The van der Waals surface area contributed by atoms with Gasteiger partial charge in [0.05, 0.1) is 12.0 Å². The lowest BCUT2D eigenvalue weighted by atomic mass is 9.81. The van der Waals surface area contributed by atoms with E-state index < -0.39 is 5.91 Å². The summed E-state index contributed by atoms with van der Waals surface area (Å²) in [5, 5.41) is 8.55. The second-order valence-electron chi connectivity index (χ2n) is 7.92. The Kier molecular flexibility index (Phi) is 5.02. The molecule has 2 heterocycles. The maximum absolute atomic E-state index is 12.8. The normalized spacial score (nSPS) is 22.8. The van der Waals surface area contributed by atoms with Crippen LogP contribution in [-0.2, 0) is 4.79 Å². The predicted octanol–water partition coefficient (Wildman–Crippen LogP) is 2.95. The van der Waals surface area contributed by atoms with Crippen LogP contribution in [0, 0.1) is 0 Å². The number of hydrogen-bond donors (Lipinski definition) is 2. The van der Waals surface area contributed by atoms with E-state index in [0.29, 0.717) is 17.7 Å². The molecule has 0 bridgehead atoms. The molecule has 1 aromatic rings. The zero-order valence-electron chi connectivity index (χ0n) is 15.4. The number of nitrogens with one attached hydrogen (secondary N) is 1. The number of amides is 1. The molecule has 2 aliphatic heterocycles. The molecule has 1 saturated heterocycles. The monoisotopic (exact) mass is 370 g/mol. The number of piperidine rings is 1. The van der Waals surface area contributed by atoms with E-state index in [1.165, 1.54) is 31.8 Å². The minimum absolute atomic E-state index is 0.104. The highest BCUT2D eigenvalue weighted by Crippen LogP contribution is 2.41. The molecule has 0 radical (unpaired) electrons. The lowest BCUT2D eigenvalue weighted by molar-refractivity contribution is -0.124. The molecular formula is C21H26N2O4. The van der Waals surface area contributed by atoms with Crippen LogP contribution in [0.25, 0.3) is 6.08 Å². The zero-order chi connectivity index (χ0) is 18.9. The molecule has 6 nitrogen and oxygen atoms in total. The maximum atomic E-state index is 12.8. The predicted molar refractivity (Wildman–Crippen MR) is 101 cm³/mol. The van der Waals surface area contributed by atoms with Crippen molar-refractivity contribution in [3.8, 4) is 5.75 Å². The van der Waals surface area contributed by atoms with Crippen molar-refractivity contribution in [2.75, 3.05) is 13.1 Å². The van der Waals surface area contributed by atoms with Crippen LogP contribution in [0.3, 0.4) is 0 Å². The Morgan fingerprint density at radius 2 is 2.00 bits per heavy atom. The fourth-order valence-electron chi connectivity index (χ4n) is 4.67. The second kappa shape index (κ2) is 7.44. The van der Waals surface area contributed by atoms with Crippen LogP contribution in [-0.4, -0.2) is 46.5 Å². The first-order valence-electron chi connectivity index (χ1n) is 9.81. The van der Waals surface area contributed by atoms with E-state index in [9.17, 15) is 9.59 Å². The van der Waals surface area contributed by atoms with E-state index in [4.69, 9.17) is 9.94 Å². The summed E-state index contributed by atoms with van der Waals surface area (Å²) in [6.07, 6.45) is 10.3. The van der Waals surface area contributed by atoms with Crippen LogP contribution in [0.15, 0.2) is 24.3 Å². The standard InChI is InChI=1S/C21H26N2O4/c24-18-14-21(9-11-23(12-10-21)16-3-1-2-4-16)27-19-7-5-15(13-17(18)19)6-8-20(25)22-26/h5-8,13,16,26H,1-4,9-12,14H2,(H,22,25). The van der Waals surface area contributed by atoms with Crippen molar-refractivity contribution in [2.24, 2.45) is 0 Å². The summed E-state index contributed by atoms with van der Waals surface area (Å²) in [6.45, 7) is 2.01. The third-order valence-electron chi connectivity index (χ3n) is 6.20. The fourth-order valence-corrected chi connectivity index (χ4v) is 4.67.